The van der Waals surface area contributed by atoms with Crippen LogP contribution in [0.3, 0.4) is 0 Å². The average molecular weight is 235 g/mol. The van der Waals surface area contributed by atoms with Crippen LogP contribution in [0.25, 0.3) is 0 Å². The molecule has 1 aromatic rings. The fraction of sp³-hybridized carbons (Fsp3) is 0.769. The van der Waals surface area contributed by atoms with Gasteiger partial charge in [-0.3, -0.25) is 0 Å². The molecule has 0 saturated carbocycles. The summed E-state index contributed by atoms with van der Waals surface area (Å²) in [5.74, 6) is 1.13. The molecule has 1 fully saturated rings. The van der Waals surface area contributed by atoms with Crippen LogP contribution in [0.1, 0.15) is 37.0 Å². The Morgan fingerprint density at radius 1 is 1.53 bits per heavy atom. The Balaban J connectivity index is 1.89. The first kappa shape index (κ1) is 11.2. The monoisotopic (exact) mass is 235 g/mol. The number of imidazole rings is 1. The number of ether oxygens (including phenoxy) is 1. The zero-order chi connectivity index (χ0) is 11.9. The lowest BCUT2D eigenvalue weighted by Gasteiger charge is -2.26. The summed E-state index contributed by atoms with van der Waals surface area (Å²) < 4.78 is 8.27. The molecule has 4 nitrogen and oxygen atoms in total. The summed E-state index contributed by atoms with van der Waals surface area (Å²) in [6, 6.07) is 0. The highest BCUT2D eigenvalue weighted by molar-refractivity contribution is 5.20. The Morgan fingerprint density at radius 2 is 2.41 bits per heavy atom. The van der Waals surface area contributed by atoms with Crippen LogP contribution >= 0.6 is 0 Å². The first-order valence-corrected chi connectivity index (χ1v) is 6.57. The van der Waals surface area contributed by atoms with Crippen molar-refractivity contribution in [2.75, 3.05) is 13.2 Å². The maximum Gasteiger partial charge on any atom is 0.106 e. The van der Waals surface area contributed by atoms with Gasteiger partial charge in [0.05, 0.1) is 17.8 Å². The average Bonchev–Trinajstić information content (AvgIpc) is 2.86. The van der Waals surface area contributed by atoms with E-state index in [1.807, 2.05) is 0 Å². The fourth-order valence-corrected chi connectivity index (χ4v) is 3.01. The van der Waals surface area contributed by atoms with E-state index in [0.29, 0.717) is 0 Å². The van der Waals surface area contributed by atoms with E-state index >= 15 is 0 Å². The Morgan fingerprint density at radius 3 is 3.18 bits per heavy atom. The van der Waals surface area contributed by atoms with E-state index in [0.717, 1.165) is 44.9 Å². The molecule has 0 bridgehead atoms. The second-order valence-corrected chi connectivity index (χ2v) is 5.47. The number of nitrogens with one attached hydrogen (secondary N) is 1. The van der Waals surface area contributed by atoms with Crippen LogP contribution < -0.4 is 5.32 Å². The van der Waals surface area contributed by atoms with Crippen molar-refractivity contribution < 1.29 is 4.74 Å². The number of fused-ring (bicyclic) bond motifs is 1. The van der Waals surface area contributed by atoms with Crippen LogP contribution in [-0.2, 0) is 24.2 Å². The molecule has 1 unspecified atom stereocenters. The van der Waals surface area contributed by atoms with Crippen LogP contribution in [0.4, 0.5) is 0 Å². The molecule has 3 heterocycles. The molecule has 1 aromatic heterocycles. The summed E-state index contributed by atoms with van der Waals surface area (Å²) in [4.78, 5) is 4.67. The molecule has 0 aromatic carbocycles. The summed E-state index contributed by atoms with van der Waals surface area (Å²) in [5, 5.41) is 3.38. The molecule has 1 saturated heterocycles. The van der Waals surface area contributed by atoms with Gasteiger partial charge in [-0.1, -0.05) is 0 Å². The Bertz CT molecular complexity index is 419. The smallest absolute Gasteiger partial charge is 0.106 e. The van der Waals surface area contributed by atoms with Gasteiger partial charge in [0.15, 0.2) is 0 Å². The van der Waals surface area contributed by atoms with Gasteiger partial charge < -0.3 is 14.6 Å². The van der Waals surface area contributed by atoms with Gasteiger partial charge in [-0.05, 0) is 26.7 Å². The predicted molar refractivity (Wildman–Crippen MR) is 66.0 cm³/mol. The zero-order valence-electron chi connectivity index (χ0n) is 10.8. The molecule has 2 aliphatic heterocycles. The molecule has 1 atom stereocenters. The second kappa shape index (κ2) is 4.10. The molecular formula is C13H21N3O. The van der Waals surface area contributed by atoms with E-state index in [1.165, 1.54) is 17.8 Å². The Kier molecular flexibility index (Phi) is 2.71. The van der Waals surface area contributed by atoms with Gasteiger partial charge in [-0.2, -0.15) is 0 Å². The molecule has 0 aliphatic carbocycles. The number of aryl methyl sites for hydroxylation is 1. The normalized spacial score (nSPS) is 28.4. The topological polar surface area (TPSA) is 39.1 Å². The van der Waals surface area contributed by atoms with Crippen molar-refractivity contribution >= 4 is 0 Å². The van der Waals surface area contributed by atoms with Gasteiger partial charge in [-0.25, -0.2) is 4.98 Å². The minimum atomic E-state index is 0.0180. The van der Waals surface area contributed by atoms with Crippen molar-refractivity contribution in [1.82, 2.24) is 14.9 Å². The minimum absolute atomic E-state index is 0.0180. The minimum Gasteiger partial charge on any atom is -0.373 e. The van der Waals surface area contributed by atoms with E-state index in [9.17, 15) is 0 Å². The first-order valence-electron chi connectivity index (χ1n) is 6.57. The highest BCUT2D eigenvalue weighted by Gasteiger charge is 2.32. The quantitative estimate of drug-likeness (QED) is 0.842. The highest BCUT2D eigenvalue weighted by atomic mass is 16.5. The van der Waals surface area contributed by atoms with Gasteiger partial charge in [0.2, 0.25) is 0 Å². The third kappa shape index (κ3) is 2.00. The van der Waals surface area contributed by atoms with E-state index in [1.54, 1.807) is 0 Å². The summed E-state index contributed by atoms with van der Waals surface area (Å²) >= 11 is 0. The Labute approximate surface area is 102 Å². The number of nitrogens with zero attached hydrogens (tertiary/aromatic N) is 2. The zero-order valence-corrected chi connectivity index (χ0v) is 10.8. The highest BCUT2D eigenvalue weighted by Crippen LogP contribution is 2.29. The number of hydrogen-bond donors (Lipinski definition) is 1. The summed E-state index contributed by atoms with van der Waals surface area (Å²) in [7, 11) is 0. The fourth-order valence-electron chi connectivity index (χ4n) is 3.01. The maximum atomic E-state index is 5.90. The molecule has 1 N–H and O–H groups in total. The van der Waals surface area contributed by atoms with Crippen LogP contribution in [0, 0.1) is 6.92 Å². The molecule has 94 valence electrons. The lowest BCUT2D eigenvalue weighted by atomic mass is 10.0. The Hall–Kier alpha value is -0.870. The van der Waals surface area contributed by atoms with Gasteiger partial charge in [-0.15, -0.1) is 0 Å². The largest absolute Gasteiger partial charge is 0.373 e. The van der Waals surface area contributed by atoms with Gasteiger partial charge in [0, 0.05) is 31.8 Å². The van der Waals surface area contributed by atoms with Crippen LogP contribution in [0.5, 0.6) is 0 Å². The molecular weight excluding hydrogens is 214 g/mol. The summed E-state index contributed by atoms with van der Waals surface area (Å²) in [5.41, 5.74) is 2.66. The number of hydrogen-bond acceptors (Lipinski definition) is 3. The lowest BCUT2D eigenvalue weighted by molar-refractivity contribution is 0.00518. The third-order valence-electron chi connectivity index (χ3n) is 3.97. The van der Waals surface area contributed by atoms with Crippen molar-refractivity contribution in [1.29, 1.82) is 0 Å². The van der Waals surface area contributed by atoms with Crippen molar-refractivity contribution in [3.63, 3.8) is 0 Å². The summed E-state index contributed by atoms with van der Waals surface area (Å²) in [6.45, 7) is 8.19. The maximum absolute atomic E-state index is 5.90. The van der Waals surface area contributed by atoms with Crippen LogP contribution in [0.2, 0.25) is 0 Å². The van der Waals surface area contributed by atoms with Crippen LogP contribution in [0.15, 0.2) is 0 Å². The van der Waals surface area contributed by atoms with Crippen molar-refractivity contribution in [3.05, 3.63) is 17.2 Å². The van der Waals surface area contributed by atoms with Gasteiger partial charge in [0.25, 0.3) is 0 Å². The third-order valence-corrected chi connectivity index (χ3v) is 3.97. The van der Waals surface area contributed by atoms with Gasteiger partial charge >= 0.3 is 0 Å². The molecule has 0 amide bonds. The first-order chi connectivity index (χ1) is 8.18. The van der Waals surface area contributed by atoms with Crippen molar-refractivity contribution in [2.45, 2.75) is 51.8 Å². The number of aromatic nitrogens is 2. The van der Waals surface area contributed by atoms with Gasteiger partial charge in [0.1, 0.15) is 5.82 Å². The lowest BCUT2D eigenvalue weighted by Crippen LogP contribution is -2.32. The van der Waals surface area contributed by atoms with Crippen molar-refractivity contribution in [3.8, 4) is 0 Å². The molecule has 0 spiro atoms. The van der Waals surface area contributed by atoms with E-state index in [-0.39, 0.29) is 5.60 Å². The number of rotatable bonds is 2. The van der Waals surface area contributed by atoms with E-state index in [2.05, 4.69) is 28.7 Å². The molecule has 0 radical (unpaired) electrons. The second-order valence-electron chi connectivity index (χ2n) is 5.47. The van der Waals surface area contributed by atoms with E-state index < -0.39 is 0 Å². The van der Waals surface area contributed by atoms with Crippen LogP contribution in [-0.4, -0.2) is 28.3 Å². The molecule has 4 heteroatoms. The standard InChI is InChI=1S/C13H21N3O/c1-10-15-11-8-14-6-4-12(11)16(10)9-13(2)5-3-7-17-13/h14H,3-9H2,1-2H3. The molecule has 3 rings (SSSR count). The SMILES string of the molecule is Cc1nc2c(n1CC1(C)CCCO1)CCNC2. The molecule has 2 aliphatic rings. The predicted octanol–water partition coefficient (Wildman–Crippen LogP) is 1.41. The van der Waals surface area contributed by atoms with E-state index in [4.69, 9.17) is 4.74 Å². The summed E-state index contributed by atoms with van der Waals surface area (Å²) in [6.07, 6.45) is 3.44. The van der Waals surface area contributed by atoms with Crippen molar-refractivity contribution in [2.24, 2.45) is 0 Å². The molecule has 17 heavy (non-hydrogen) atoms.